The molecule has 1 saturated heterocycles. The first kappa shape index (κ1) is 15.7. The van der Waals surface area contributed by atoms with Gasteiger partial charge >= 0.3 is 0 Å². The molecular weight excluding hydrogens is 298 g/mol. The number of anilines is 1. The highest BCUT2D eigenvalue weighted by Crippen LogP contribution is 2.19. The summed E-state index contributed by atoms with van der Waals surface area (Å²) in [5.74, 6) is 1.11. The van der Waals surface area contributed by atoms with Crippen molar-refractivity contribution in [3.05, 3.63) is 5.82 Å². The van der Waals surface area contributed by atoms with Crippen molar-refractivity contribution in [3.63, 3.8) is 0 Å². The molecule has 2 fully saturated rings. The van der Waals surface area contributed by atoms with E-state index in [2.05, 4.69) is 31.4 Å². The number of aryl methyl sites for hydroxylation is 1. The van der Waals surface area contributed by atoms with Gasteiger partial charge in [-0.15, -0.1) is 0 Å². The second kappa shape index (κ2) is 7.37. The molecule has 1 saturated carbocycles. The molecule has 0 atom stereocenters. The summed E-state index contributed by atoms with van der Waals surface area (Å²) >= 11 is 1.48. The molecule has 0 aromatic carbocycles. The van der Waals surface area contributed by atoms with E-state index in [1.165, 1.54) is 24.4 Å². The Bertz CT molecular complexity index is 492. The van der Waals surface area contributed by atoms with Gasteiger partial charge in [-0.2, -0.15) is 4.37 Å². The molecule has 22 heavy (non-hydrogen) atoms. The number of amides is 1. The summed E-state index contributed by atoms with van der Waals surface area (Å²) in [6.07, 6.45) is 5.70. The van der Waals surface area contributed by atoms with Gasteiger partial charge in [0.15, 0.2) is 0 Å². The van der Waals surface area contributed by atoms with E-state index in [4.69, 9.17) is 0 Å². The molecule has 1 aliphatic heterocycles. The van der Waals surface area contributed by atoms with E-state index in [1.54, 1.807) is 0 Å². The third kappa shape index (κ3) is 3.95. The van der Waals surface area contributed by atoms with Crippen molar-refractivity contribution < 1.29 is 4.79 Å². The molecule has 7 heteroatoms. The van der Waals surface area contributed by atoms with Crippen LogP contribution in [0.4, 0.5) is 5.13 Å². The Labute approximate surface area is 136 Å². The molecule has 2 heterocycles. The average molecular weight is 323 g/mol. The van der Waals surface area contributed by atoms with Gasteiger partial charge in [0.1, 0.15) is 5.82 Å². The van der Waals surface area contributed by atoms with Crippen molar-refractivity contribution >= 4 is 22.6 Å². The van der Waals surface area contributed by atoms with Crippen molar-refractivity contribution in [3.8, 4) is 0 Å². The molecule has 0 spiro atoms. The fourth-order valence-corrected chi connectivity index (χ4v) is 3.96. The summed E-state index contributed by atoms with van der Waals surface area (Å²) in [4.78, 5) is 21.1. The van der Waals surface area contributed by atoms with E-state index in [1.807, 2.05) is 0 Å². The highest BCUT2D eigenvalue weighted by Gasteiger charge is 2.23. The van der Waals surface area contributed by atoms with Crippen molar-refractivity contribution in [2.75, 3.05) is 37.6 Å². The minimum Gasteiger partial charge on any atom is -0.352 e. The van der Waals surface area contributed by atoms with Gasteiger partial charge in [-0.05, 0) is 12.8 Å². The van der Waals surface area contributed by atoms with Gasteiger partial charge in [0.05, 0.1) is 6.54 Å². The molecule has 3 rings (SSSR count). The summed E-state index contributed by atoms with van der Waals surface area (Å²) in [5, 5.41) is 4.19. The minimum absolute atomic E-state index is 0.185. The molecule has 1 aromatic rings. The summed E-state index contributed by atoms with van der Waals surface area (Å²) < 4.78 is 4.35. The number of rotatable bonds is 5. The van der Waals surface area contributed by atoms with Gasteiger partial charge in [0.2, 0.25) is 11.0 Å². The molecule has 6 nitrogen and oxygen atoms in total. The van der Waals surface area contributed by atoms with Crippen LogP contribution in [0.25, 0.3) is 0 Å². The zero-order chi connectivity index (χ0) is 15.4. The Morgan fingerprint density at radius 1 is 1.27 bits per heavy atom. The lowest BCUT2D eigenvalue weighted by Gasteiger charge is -2.34. The number of carbonyl (C=O) groups excluding carboxylic acids is 1. The number of hydrogen-bond acceptors (Lipinski definition) is 6. The van der Waals surface area contributed by atoms with Crippen LogP contribution < -0.4 is 10.2 Å². The van der Waals surface area contributed by atoms with Crippen LogP contribution in [0.3, 0.4) is 0 Å². The third-order valence-electron chi connectivity index (χ3n) is 4.50. The Morgan fingerprint density at radius 3 is 2.64 bits per heavy atom. The van der Waals surface area contributed by atoms with Crippen LogP contribution in [0, 0.1) is 0 Å². The van der Waals surface area contributed by atoms with Gasteiger partial charge in [-0.3, -0.25) is 9.69 Å². The van der Waals surface area contributed by atoms with Crippen molar-refractivity contribution in [2.24, 2.45) is 0 Å². The van der Waals surface area contributed by atoms with Crippen LogP contribution in [0.5, 0.6) is 0 Å². The first-order valence-electron chi connectivity index (χ1n) is 8.34. The zero-order valence-electron chi connectivity index (χ0n) is 13.3. The predicted octanol–water partition coefficient (Wildman–Crippen LogP) is 1.28. The smallest absolute Gasteiger partial charge is 0.234 e. The van der Waals surface area contributed by atoms with Crippen LogP contribution in [0.2, 0.25) is 0 Å². The highest BCUT2D eigenvalue weighted by molar-refractivity contribution is 7.09. The molecule has 1 N–H and O–H groups in total. The number of hydrogen-bond donors (Lipinski definition) is 1. The van der Waals surface area contributed by atoms with Crippen LogP contribution in [-0.4, -0.2) is 58.9 Å². The number of nitrogens with zero attached hydrogens (tertiary/aromatic N) is 4. The van der Waals surface area contributed by atoms with E-state index in [9.17, 15) is 4.79 Å². The van der Waals surface area contributed by atoms with Gasteiger partial charge < -0.3 is 10.2 Å². The molecule has 0 radical (unpaired) electrons. The molecule has 0 bridgehead atoms. The molecule has 122 valence electrons. The quantitative estimate of drug-likeness (QED) is 0.884. The second-order valence-corrected chi connectivity index (χ2v) is 6.89. The average Bonchev–Trinajstić information content (AvgIpc) is 3.19. The van der Waals surface area contributed by atoms with Crippen molar-refractivity contribution in [2.45, 2.75) is 45.1 Å². The number of carbonyl (C=O) groups is 1. The van der Waals surface area contributed by atoms with Gasteiger partial charge in [0, 0.05) is 50.2 Å². The normalized spacial score (nSPS) is 20.5. The third-order valence-corrected chi connectivity index (χ3v) is 5.32. The molecule has 2 aliphatic rings. The standard InChI is InChI=1S/C15H25N5OS/c1-2-13-17-15(22-18-13)20-9-7-19(8-10-20)11-14(21)16-12-5-3-4-6-12/h12H,2-11H2,1H3,(H,16,21). The van der Waals surface area contributed by atoms with Crippen LogP contribution in [0.1, 0.15) is 38.4 Å². The summed E-state index contributed by atoms with van der Waals surface area (Å²) in [6, 6.07) is 0.419. The maximum absolute atomic E-state index is 12.1. The first-order chi connectivity index (χ1) is 10.7. The molecule has 0 unspecified atom stereocenters. The summed E-state index contributed by atoms with van der Waals surface area (Å²) in [7, 11) is 0. The van der Waals surface area contributed by atoms with E-state index in [0.717, 1.165) is 56.4 Å². The van der Waals surface area contributed by atoms with Crippen molar-refractivity contribution in [1.29, 1.82) is 0 Å². The topological polar surface area (TPSA) is 61.4 Å². The Morgan fingerprint density at radius 2 is 2.00 bits per heavy atom. The van der Waals surface area contributed by atoms with Crippen LogP contribution in [0.15, 0.2) is 0 Å². The van der Waals surface area contributed by atoms with E-state index in [0.29, 0.717) is 12.6 Å². The van der Waals surface area contributed by atoms with E-state index >= 15 is 0 Å². The highest BCUT2D eigenvalue weighted by atomic mass is 32.1. The van der Waals surface area contributed by atoms with Crippen LogP contribution in [-0.2, 0) is 11.2 Å². The van der Waals surface area contributed by atoms with E-state index < -0.39 is 0 Å². The maximum Gasteiger partial charge on any atom is 0.234 e. The molecule has 1 aliphatic carbocycles. The minimum atomic E-state index is 0.185. The fraction of sp³-hybridized carbons (Fsp3) is 0.800. The van der Waals surface area contributed by atoms with Gasteiger partial charge in [-0.25, -0.2) is 4.98 Å². The van der Waals surface area contributed by atoms with Gasteiger partial charge in [-0.1, -0.05) is 19.8 Å². The van der Waals surface area contributed by atoms with Crippen LogP contribution >= 0.6 is 11.5 Å². The summed E-state index contributed by atoms with van der Waals surface area (Å²) in [5.41, 5.74) is 0. The lowest BCUT2D eigenvalue weighted by molar-refractivity contribution is -0.123. The predicted molar refractivity (Wildman–Crippen MR) is 88.3 cm³/mol. The SMILES string of the molecule is CCc1nsc(N2CCN(CC(=O)NC3CCCC3)CC2)n1. The molecule has 1 aromatic heterocycles. The number of nitrogens with one attached hydrogen (secondary N) is 1. The zero-order valence-corrected chi connectivity index (χ0v) is 14.1. The Balaban J connectivity index is 1.42. The Hall–Kier alpha value is -1.21. The molecular formula is C15H25N5OS. The maximum atomic E-state index is 12.1. The number of piperazine rings is 1. The van der Waals surface area contributed by atoms with Gasteiger partial charge in [0.25, 0.3) is 0 Å². The lowest BCUT2D eigenvalue weighted by Crippen LogP contribution is -2.50. The number of aromatic nitrogens is 2. The lowest BCUT2D eigenvalue weighted by atomic mass is 10.2. The summed E-state index contributed by atoms with van der Waals surface area (Å²) in [6.45, 7) is 6.29. The van der Waals surface area contributed by atoms with Crippen molar-refractivity contribution in [1.82, 2.24) is 19.6 Å². The first-order valence-corrected chi connectivity index (χ1v) is 9.11. The monoisotopic (exact) mass is 323 g/mol. The fourth-order valence-electron chi connectivity index (χ4n) is 3.16. The largest absolute Gasteiger partial charge is 0.352 e. The molecule has 1 amide bonds. The Kier molecular flexibility index (Phi) is 5.25. The second-order valence-electron chi connectivity index (χ2n) is 6.16. The van der Waals surface area contributed by atoms with E-state index in [-0.39, 0.29) is 5.91 Å².